The number of rotatable bonds is 7. The highest BCUT2D eigenvalue weighted by Gasteiger charge is 2.07. The van der Waals surface area contributed by atoms with Gasteiger partial charge in [0.1, 0.15) is 0 Å². The number of pyridine rings is 1. The summed E-state index contributed by atoms with van der Waals surface area (Å²) >= 11 is 0. The SMILES string of the molecule is CCCCC(CCC)Nc1ccnc(F)c1. The smallest absolute Gasteiger partial charge is 0.214 e. The van der Waals surface area contributed by atoms with Crippen LogP contribution in [0, 0.1) is 5.95 Å². The fourth-order valence-electron chi connectivity index (χ4n) is 1.82. The van der Waals surface area contributed by atoms with Gasteiger partial charge in [0, 0.05) is 24.0 Å². The molecule has 1 atom stereocenters. The summed E-state index contributed by atoms with van der Waals surface area (Å²) in [6, 6.07) is 3.72. The van der Waals surface area contributed by atoms with Crippen molar-refractivity contribution in [3.63, 3.8) is 0 Å². The van der Waals surface area contributed by atoms with E-state index in [-0.39, 0.29) is 0 Å². The fraction of sp³-hybridized carbons (Fsp3) is 0.615. The Balaban J connectivity index is 2.52. The van der Waals surface area contributed by atoms with Gasteiger partial charge < -0.3 is 5.32 Å². The normalized spacial score (nSPS) is 12.4. The predicted octanol–water partition coefficient (Wildman–Crippen LogP) is 3.99. The summed E-state index contributed by atoms with van der Waals surface area (Å²) in [6.45, 7) is 4.36. The Morgan fingerprint density at radius 2 is 2.12 bits per heavy atom. The van der Waals surface area contributed by atoms with Gasteiger partial charge in [-0.25, -0.2) is 4.98 Å². The Labute approximate surface area is 97.3 Å². The minimum atomic E-state index is -0.421. The molecule has 1 heterocycles. The second-order valence-electron chi connectivity index (χ2n) is 4.14. The van der Waals surface area contributed by atoms with Crippen LogP contribution in [-0.4, -0.2) is 11.0 Å². The zero-order valence-corrected chi connectivity index (χ0v) is 10.2. The summed E-state index contributed by atoms with van der Waals surface area (Å²) in [5, 5.41) is 3.38. The van der Waals surface area contributed by atoms with Gasteiger partial charge >= 0.3 is 0 Å². The molecule has 0 fully saturated rings. The molecule has 0 saturated heterocycles. The first-order chi connectivity index (χ1) is 7.76. The molecule has 1 aromatic rings. The van der Waals surface area contributed by atoms with E-state index in [0.717, 1.165) is 24.9 Å². The molecule has 0 aromatic carbocycles. The zero-order chi connectivity index (χ0) is 11.8. The van der Waals surface area contributed by atoms with Gasteiger partial charge in [0.25, 0.3) is 0 Å². The van der Waals surface area contributed by atoms with Gasteiger partial charge in [0.2, 0.25) is 5.95 Å². The molecule has 0 amide bonds. The topological polar surface area (TPSA) is 24.9 Å². The largest absolute Gasteiger partial charge is 0.382 e. The number of aromatic nitrogens is 1. The van der Waals surface area contributed by atoms with E-state index in [2.05, 4.69) is 24.1 Å². The van der Waals surface area contributed by atoms with Gasteiger partial charge in [-0.1, -0.05) is 33.1 Å². The maximum absolute atomic E-state index is 12.9. The Morgan fingerprint density at radius 3 is 2.75 bits per heavy atom. The van der Waals surface area contributed by atoms with Crippen molar-refractivity contribution in [1.82, 2.24) is 4.98 Å². The van der Waals surface area contributed by atoms with Crippen LogP contribution in [-0.2, 0) is 0 Å². The highest BCUT2D eigenvalue weighted by atomic mass is 19.1. The molecule has 1 aromatic heterocycles. The van der Waals surface area contributed by atoms with Gasteiger partial charge in [-0.3, -0.25) is 0 Å². The van der Waals surface area contributed by atoms with Crippen molar-refractivity contribution in [2.45, 2.75) is 52.0 Å². The zero-order valence-electron chi connectivity index (χ0n) is 10.2. The fourth-order valence-corrected chi connectivity index (χ4v) is 1.82. The molecule has 0 radical (unpaired) electrons. The molecule has 1 unspecified atom stereocenters. The van der Waals surface area contributed by atoms with Crippen LogP contribution in [0.1, 0.15) is 46.0 Å². The van der Waals surface area contributed by atoms with E-state index in [0.29, 0.717) is 6.04 Å². The molecule has 90 valence electrons. The highest BCUT2D eigenvalue weighted by Crippen LogP contribution is 2.15. The third-order valence-corrected chi connectivity index (χ3v) is 2.64. The molecule has 1 rings (SSSR count). The minimum absolute atomic E-state index is 0.421. The molecular formula is C13H21FN2. The van der Waals surface area contributed by atoms with E-state index in [9.17, 15) is 4.39 Å². The number of halogens is 1. The number of nitrogens with zero attached hydrogens (tertiary/aromatic N) is 1. The average molecular weight is 224 g/mol. The molecule has 16 heavy (non-hydrogen) atoms. The van der Waals surface area contributed by atoms with Crippen molar-refractivity contribution < 1.29 is 4.39 Å². The van der Waals surface area contributed by atoms with Crippen molar-refractivity contribution in [3.8, 4) is 0 Å². The van der Waals surface area contributed by atoms with E-state index in [4.69, 9.17) is 0 Å². The molecule has 1 N–H and O–H groups in total. The number of anilines is 1. The second-order valence-corrected chi connectivity index (χ2v) is 4.14. The Hall–Kier alpha value is -1.12. The lowest BCUT2D eigenvalue weighted by atomic mass is 10.0. The molecule has 3 heteroatoms. The highest BCUT2D eigenvalue weighted by molar-refractivity contribution is 5.42. The first kappa shape index (κ1) is 12.9. The first-order valence-corrected chi connectivity index (χ1v) is 6.14. The quantitative estimate of drug-likeness (QED) is 0.708. The first-order valence-electron chi connectivity index (χ1n) is 6.14. The number of hydrogen-bond acceptors (Lipinski definition) is 2. The predicted molar refractivity (Wildman–Crippen MR) is 66.0 cm³/mol. The van der Waals surface area contributed by atoms with Crippen LogP contribution in [0.15, 0.2) is 18.3 Å². The lowest BCUT2D eigenvalue weighted by Crippen LogP contribution is -2.19. The standard InChI is InChI=1S/C13H21FN2/c1-3-5-7-11(6-4-2)16-12-8-9-15-13(14)10-12/h8-11H,3-7H2,1-2H3,(H,15,16). The van der Waals surface area contributed by atoms with Crippen LogP contribution >= 0.6 is 0 Å². The van der Waals surface area contributed by atoms with Crippen molar-refractivity contribution in [1.29, 1.82) is 0 Å². The van der Waals surface area contributed by atoms with E-state index in [1.54, 1.807) is 0 Å². The van der Waals surface area contributed by atoms with Crippen LogP contribution in [0.3, 0.4) is 0 Å². The number of nitrogens with one attached hydrogen (secondary N) is 1. The lowest BCUT2D eigenvalue weighted by molar-refractivity contribution is 0.560. The molecule has 0 aliphatic rings. The van der Waals surface area contributed by atoms with E-state index in [1.807, 2.05) is 6.07 Å². The Bertz CT molecular complexity index is 302. The minimum Gasteiger partial charge on any atom is -0.382 e. The Kier molecular flexibility index (Phi) is 5.83. The summed E-state index contributed by atoms with van der Waals surface area (Å²) in [6.07, 6.45) is 7.34. The Morgan fingerprint density at radius 1 is 1.31 bits per heavy atom. The maximum Gasteiger partial charge on any atom is 0.214 e. The summed E-state index contributed by atoms with van der Waals surface area (Å²) in [5.74, 6) is -0.421. The van der Waals surface area contributed by atoms with E-state index < -0.39 is 5.95 Å². The van der Waals surface area contributed by atoms with E-state index in [1.165, 1.54) is 25.1 Å². The van der Waals surface area contributed by atoms with Gasteiger partial charge in [-0.05, 0) is 18.9 Å². The second kappa shape index (κ2) is 7.20. The molecule has 0 aliphatic heterocycles. The van der Waals surface area contributed by atoms with Gasteiger partial charge in [0.15, 0.2) is 0 Å². The molecule has 0 spiro atoms. The lowest BCUT2D eigenvalue weighted by Gasteiger charge is -2.18. The third-order valence-electron chi connectivity index (χ3n) is 2.64. The van der Waals surface area contributed by atoms with E-state index >= 15 is 0 Å². The monoisotopic (exact) mass is 224 g/mol. The molecular weight excluding hydrogens is 203 g/mol. The van der Waals surface area contributed by atoms with Crippen LogP contribution in [0.4, 0.5) is 10.1 Å². The molecule has 2 nitrogen and oxygen atoms in total. The maximum atomic E-state index is 12.9. The summed E-state index contributed by atoms with van der Waals surface area (Å²) in [5.41, 5.74) is 0.835. The van der Waals surface area contributed by atoms with Crippen molar-refractivity contribution in [3.05, 3.63) is 24.3 Å². The van der Waals surface area contributed by atoms with Gasteiger partial charge in [-0.2, -0.15) is 4.39 Å². The number of hydrogen-bond donors (Lipinski definition) is 1. The van der Waals surface area contributed by atoms with Crippen LogP contribution < -0.4 is 5.32 Å². The van der Waals surface area contributed by atoms with Crippen molar-refractivity contribution >= 4 is 5.69 Å². The molecule has 0 bridgehead atoms. The summed E-state index contributed by atoms with van der Waals surface area (Å²) < 4.78 is 12.9. The summed E-state index contributed by atoms with van der Waals surface area (Å²) in [4.78, 5) is 3.55. The molecule has 0 saturated carbocycles. The van der Waals surface area contributed by atoms with Crippen LogP contribution in [0.2, 0.25) is 0 Å². The molecule has 0 aliphatic carbocycles. The average Bonchev–Trinajstić information content (AvgIpc) is 2.26. The third kappa shape index (κ3) is 4.60. The summed E-state index contributed by atoms with van der Waals surface area (Å²) in [7, 11) is 0. The number of unbranched alkanes of at least 4 members (excludes halogenated alkanes) is 1. The van der Waals surface area contributed by atoms with Gasteiger partial charge in [-0.15, -0.1) is 0 Å². The van der Waals surface area contributed by atoms with Crippen LogP contribution in [0.25, 0.3) is 0 Å². The van der Waals surface area contributed by atoms with Crippen LogP contribution in [0.5, 0.6) is 0 Å². The van der Waals surface area contributed by atoms with Gasteiger partial charge in [0.05, 0.1) is 0 Å². The van der Waals surface area contributed by atoms with Crippen molar-refractivity contribution in [2.75, 3.05) is 5.32 Å². The van der Waals surface area contributed by atoms with Crippen molar-refractivity contribution in [2.24, 2.45) is 0 Å².